The number of aliphatic hydroxyl groups excluding tert-OH is 10. The summed E-state index contributed by atoms with van der Waals surface area (Å²) in [4.78, 5) is 11.7. The molecule has 4 saturated heterocycles. The van der Waals surface area contributed by atoms with E-state index in [1.165, 1.54) is 20.8 Å². The first kappa shape index (κ1) is 36.6. The van der Waals surface area contributed by atoms with Gasteiger partial charge in [-0.15, -0.1) is 0 Å². The van der Waals surface area contributed by atoms with E-state index in [4.69, 9.17) is 37.9 Å². The van der Waals surface area contributed by atoms with Gasteiger partial charge in [-0.2, -0.15) is 0 Å². The van der Waals surface area contributed by atoms with Gasteiger partial charge in [0.15, 0.2) is 31.3 Å². The number of rotatable bonds is 8. The zero-order chi connectivity index (χ0) is 33.5. The summed E-state index contributed by atoms with van der Waals surface area (Å²) < 4.78 is 44.3. The number of carbonyl (C=O) groups excluding carboxylic acids is 1. The van der Waals surface area contributed by atoms with Crippen LogP contribution < -0.4 is 0 Å². The van der Waals surface area contributed by atoms with E-state index in [-0.39, 0.29) is 0 Å². The predicted molar refractivity (Wildman–Crippen MR) is 139 cm³/mol. The molecule has 0 aromatic heterocycles. The third-order valence-corrected chi connectivity index (χ3v) is 8.37. The van der Waals surface area contributed by atoms with E-state index in [0.29, 0.717) is 0 Å². The highest BCUT2D eigenvalue weighted by atomic mass is 16.8. The smallest absolute Gasteiger partial charge is 0.303 e. The fourth-order valence-electron chi connectivity index (χ4n) is 5.65. The predicted octanol–water partition coefficient (Wildman–Crippen LogP) is -6.10. The van der Waals surface area contributed by atoms with Crippen LogP contribution in [0, 0.1) is 0 Å². The van der Waals surface area contributed by atoms with Crippen molar-refractivity contribution >= 4 is 5.97 Å². The van der Waals surface area contributed by atoms with Crippen LogP contribution in [0.2, 0.25) is 0 Å². The number of ether oxygens (including phenoxy) is 8. The van der Waals surface area contributed by atoms with Gasteiger partial charge < -0.3 is 89.0 Å². The first-order valence-corrected chi connectivity index (χ1v) is 14.6. The quantitative estimate of drug-likeness (QED) is 0.108. The molecule has 4 fully saturated rings. The maximum atomic E-state index is 11.7. The molecule has 0 amide bonds. The second kappa shape index (κ2) is 14.9. The first-order valence-electron chi connectivity index (χ1n) is 14.6. The average molecular weight is 661 g/mol. The second-order valence-corrected chi connectivity index (χ2v) is 11.7. The summed E-state index contributed by atoms with van der Waals surface area (Å²) >= 11 is 0. The molecule has 8 unspecified atom stereocenters. The number of carbonyl (C=O) groups is 1. The highest BCUT2D eigenvalue weighted by Crippen LogP contribution is 2.35. The zero-order valence-electron chi connectivity index (χ0n) is 24.9. The molecule has 19 heteroatoms. The van der Waals surface area contributed by atoms with Crippen molar-refractivity contribution < 1.29 is 93.8 Å². The van der Waals surface area contributed by atoms with Crippen molar-refractivity contribution in [2.24, 2.45) is 0 Å². The van der Waals surface area contributed by atoms with E-state index in [1.807, 2.05) is 0 Å². The van der Waals surface area contributed by atoms with Gasteiger partial charge in [0.25, 0.3) is 0 Å². The Bertz CT molecular complexity index is 973. The molecule has 20 atom stereocenters. The van der Waals surface area contributed by atoms with E-state index in [1.54, 1.807) is 0 Å². The van der Waals surface area contributed by atoms with E-state index in [2.05, 4.69) is 0 Å². The molecule has 10 N–H and O–H groups in total. The van der Waals surface area contributed by atoms with Crippen LogP contribution in [-0.4, -0.2) is 186 Å². The monoisotopic (exact) mass is 660 g/mol. The molecule has 45 heavy (non-hydrogen) atoms. The lowest BCUT2D eigenvalue weighted by atomic mass is 9.96. The Morgan fingerprint density at radius 2 is 1.04 bits per heavy atom. The van der Waals surface area contributed by atoms with Gasteiger partial charge in [0.05, 0.1) is 24.9 Å². The largest absolute Gasteiger partial charge is 0.454 e. The van der Waals surface area contributed by atoms with Gasteiger partial charge in [-0.1, -0.05) is 0 Å². The number of hydrogen-bond donors (Lipinski definition) is 10. The molecule has 4 heterocycles. The SMILES string of the molecule is CC(=O)O[C@H]1C(O[C@@H]2OC(C)[C@H](O)C(O)[C@@H]2O[C@@H]2OC(C)[C@H](O)C(O[C@H]3O[C@@H](CO)[C@@H](O)C(O)C3O)[C@@H]2O)[C@@H](O)C(C)O[C@H]1O. The van der Waals surface area contributed by atoms with Crippen molar-refractivity contribution in [3.63, 3.8) is 0 Å². The fourth-order valence-corrected chi connectivity index (χ4v) is 5.65. The summed E-state index contributed by atoms with van der Waals surface area (Å²) in [5, 5.41) is 105. The fraction of sp³-hybridized carbons (Fsp3) is 0.962. The minimum atomic E-state index is -1.91. The lowest BCUT2D eigenvalue weighted by Gasteiger charge is -2.49. The molecule has 0 saturated carbocycles. The van der Waals surface area contributed by atoms with Crippen LogP contribution in [-0.2, 0) is 42.7 Å². The molecular weight excluding hydrogens is 616 g/mol. The molecular formula is C26H44O19. The lowest BCUT2D eigenvalue weighted by molar-refractivity contribution is -0.392. The van der Waals surface area contributed by atoms with Crippen molar-refractivity contribution in [2.45, 2.75) is 151 Å². The summed E-state index contributed by atoms with van der Waals surface area (Å²) in [5.41, 5.74) is 0. The summed E-state index contributed by atoms with van der Waals surface area (Å²) in [5.74, 6) is -0.837. The Labute approximate surface area is 257 Å². The van der Waals surface area contributed by atoms with Gasteiger partial charge in [0, 0.05) is 6.92 Å². The van der Waals surface area contributed by atoms with E-state index in [9.17, 15) is 55.9 Å². The van der Waals surface area contributed by atoms with Gasteiger partial charge in [0.1, 0.15) is 73.2 Å². The van der Waals surface area contributed by atoms with Crippen LogP contribution in [0.15, 0.2) is 0 Å². The topological polar surface area (TPSA) is 293 Å². The Hall–Kier alpha value is -1.21. The van der Waals surface area contributed by atoms with Crippen molar-refractivity contribution in [2.75, 3.05) is 6.61 Å². The highest BCUT2D eigenvalue weighted by molar-refractivity contribution is 5.66. The van der Waals surface area contributed by atoms with Crippen molar-refractivity contribution in [1.82, 2.24) is 0 Å². The van der Waals surface area contributed by atoms with Crippen LogP contribution in [0.4, 0.5) is 0 Å². The van der Waals surface area contributed by atoms with Crippen molar-refractivity contribution in [3.8, 4) is 0 Å². The molecule has 4 rings (SSSR count). The Balaban J connectivity index is 1.56. The number of esters is 1. The molecule has 4 aliphatic rings. The summed E-state index contributed by atoms with van der Waals surface area (Å²) in [7, 11) is 0. The van der Waals surface area contributed by atoms with Crippen molar-refractivity contribution in [3.05, 3.63) is 0 Å². The summed E-state index contributed by atoms with van der Waals surface area (Å²) in [6.45, 7) is 4.49. The molecule has 0 radical (unpaired) electrons. The van der Waals surface area contributed by atoms with Crippen LogP contribution in [0.5, 0.6) is 0 Å². The standard InChI is InChI=1S/C26H44O19/c1-6-11(29)16(34)21(26(40-6)44-20-13(31)7(2)38-23(37)22(20)41-9(4)28)45-25-18(36)19(12(30)8(3)39-25)43-24-17(35)15(33)14(32)10(5-27)42-24/h6-8,10-27,29-37H,5H2,1-4H3/t6?,7?,8?,10-,11-,12-,13-,14+,15?,16?,17?,18-,19?,20?,21-,22-,23+,24+,25-,26-/m0/s1. The van der Waals surface area contributed by atoms with Gasteiger partial charge in [-0.3, -0.25) is 4.79 Å². The van der Waals surface area contributed by atoms with Crippen LogP contribution in [0.1, 0.15) is 27.7 Å². The first-order chi connectivity index (χ1) is 21.1. The molecule has 262 valence electrons. The van der Waals surface area contributed by atoms with Gasteiger partial charge in [-0.25, -0.2) is 0 Å². The number of hydrogen-bond acceptors (Lipinski definition) is 19. The number of aliphatic hydroxyl groups is 10. The van der Waals surface area contributed by atoms with Gasteiger partial charge in [-0.05, 0) is 20.8 Å². The van der Waals surface area contributed by atoms with E-state index in [0.717, 1.165) is 6.92 Å². The molecule has 0 aromatic carbocycles. The molecule has 0 aromatic rings. The minimum Gasteiger partial charge on any atom is -0.454 e. The zero-order valence-corrected chi connectivity index (χ0v) is 24.9. The van der Waals surface area contributed by atoms with E-state index < -0.39 is 135 Å². The third-order valence-electron chi connectivity index (χ3n) is 8.37. The van der Waals surface area contributed by atoms with Crippen LogP contribution >= 0.6 is 0 Å². The van der Waals surface area contributed by atoms with Gasteiger partial charge >= 0.3 is 5.97 Å². The third kappa shape index (κ3) is 7.60. The summed E-state index contributed by atoms with van der Waals surface area (Å²) in [6.07, 6.45) is -31.5. The Kier molecular flexibility index (Phi) is 12.1. The average Bonchev–Trinajstić information content (AvgIpc) is 2.98. The minimum absolute atomic E-state index is 0.760. The molecule has 0 aliphatic carbocycles. The van der Waals surface area contributed by atoms with Crippen LogP contribution in [0.3, 0.4) is 0 Å². The Morgan fingerprint density at radius 1 is 0.533 bits per heavy atom. The molecule has 4 aliphatic heterocycles. The lowest BCUT2D eigenvalue weighted by Crippen LogP contribution is -2.67. The Morgan fingerprint density at radius 3 is 1.67 bits per heavy atom. The summed E-state index contributed by atoms with van der Waals surface area (Å²) in [6, 6.07) is 0. The normalized spacial score (nSPS) is 52.8. The molecule has 19 nitrogen and oxygen atoms in total. The maximum Gasteiger partial charge on any atom is 0.303 e. The maximum absolute atomic E-state index is 11.7. The van der Waals surface area contributed by atoms with Gasteiger partial charge in [0.2, 0.25) is 0 Å². The second-order valence-electron chi connectivity index (χ2n) is 11.7. The highest BCUT2D eigenvalue weighted by Gasteiger charge is 2.55. The van der Waals surface area contributed by atoms with Crippen molar-refractivity contribution in [1.29, 1.82) is 0 Å². The van der Waals surface area contributed by atoms with E-state index >= 15 is 0 Å². The molecule has 0 bridgehead atoms. The van der Waals surface area contributed by atoms with Crippen LogP contribution in [0.25, 0.3) is 0 Å². The molecule has 0 spiro atoms.